The number of aryl methyl sites for hydroxylation is 1. The van der Waals surface area contributed by atoms with Crippen LogP contribution in [0.4, 0.5) is 5.95 Å². The first kappa shape index (κ1) is 12.2. The molecule has 2 N–H and O–H groups in total. The van der Waals surface area contributed by atoms with Crippen molar-refractivity contribution in [3.8, 4) is 17.4 Å². The van der Waals surface area contributed by atoms with Gasteiger partial charge in [-0.05, 0) is 25.0 Å². The Morgan fingerprint density at radius 1 is 1.28 bits per heavy atom. The summed E-state index contributed by atoms with van der Waals surface area (Å²) in [5, 5.41) is 0. The predicted octanol–water partition coefficient (Wildman–Crippen LogP) is 1.61. The number of rotatable bonds is 4. The van der Waals surface area contributed by atoms with Crippen molar-refractivity contribution in [3.63, 3.8) is 0 Å². The maximum absolute atomic E-state index is 5.66. The molecule has 2 rings (SSSR count). The van der Waals surface area contributed by atoms with Crippen LogP contribution in [0, 0.1) is 6.92 Å². The maximum atomic E-state index is 5.66. The highest BCUT2D eigenvalue weighted by molar-refractivity contribution is 5.59. The molecule has 0 atom stereocenters. The van der Waals surface area contributed by atoms with Crippen molar-refractivity contribution >= 4 is 5.95 Å². The molecule has 0 bridgehead atoms. The molecule has 0 aromatic carbocycles. The summed E-state index contributed by atoms with van der Waals surface area (Å²) in [6, 6.07) is 2.14. The minimum atomic E-state index is 0.148. The van der Waals surface area contributed by atoms with Crippen LogP contribution < -0.4 is 10.5 Å². The van der Waals surface area contributed by atoms with Crippen molar-refractivity contribution in [3.05, 3.63) is 24.0 Å². The fraction of sp³-hybridized carbons (Fsp3) is 0.333. The van der Waals surface area contributed by atoms with E-state index in [9.17, 15) is 0 Å². The maximum Gasteiger partial charge on any atom is 0.321 e. The second-order valence-electron chi connectivity index (χ2n) is 3.84. The van der Waals surface area contributed by atoms with Crippen LogP contribution >= 0.6 is 0 Å². The Bertz CT molecular complexity index is 544. The Morgan fingerprint density at radius 2 is 2.11 bits per heavy atom. The van der Waals surface area contributed by atoms with Crippen LogP contribution in [0.25, 0.3) is 11.4 Å². The van der Waals surface area contributed by atoms with Crippen LogP contribution in [0.1, 0.15) is 18.9 Å². The summed E-state index contributed by atoms with van der Waals surface area (Å²) in [7, 11) is 0. The molecule has 0 saturated heterocycles. The molecule has 0 saturated carbocycles. The molecule has 6 heteroatoms. The van der Waals surface area contributed by atoms with E-state index in [0.29, 0.717) is 12.4 Å². The average molecular weight is 245 g/mol. The first-order valence-electron chi connectivity index (χ1n) is 5.76. The van der Waals surface area contributed by atoms with E-state index < -0.39 is 0 Å². The number of aromatic nitrogens is 4. The molecule has 18 heavy (non-hydrogen) atoms. The monoisotopic (exact) mass is 245 g/mol. The number of hydrogen-bond acceptors (Lipinski definition) is 6. The molecule has 2 aromatic heterocycles. The highest BCUT2D eigenvalue weighted by Crippen LogP contribution is 2.20. The largest absolute Gasteiger partial charge is 0.463 e. The molecule has 6 nitrogen and oxygen atoms in total. The van der Waals surface area contributed by atoms with Crippen LogP contribution in [0.3, 0.4) is 0 Å². The Morgan fingerprint density at radius 3 is 2.83 bits per heavy atom. The molecule has 0 unspecified atom stereocenters. The molecule has 0 aliphatic rings. The van der Waals surface area contributed by atoms with Gasteiger partial charge in [0.2, 0.25) is 5.95 Å². The smallest absolute Gasteiger partial charge is 0.321 e. The van der Waals surface area contributed by atoms with E-state index in [4.69, 9.17) is 10.5 Å². The summed E-state index contributed by atoms with van der Waals surface area (Å²) < 4.78 is 5.38. The Kier molecular flexibility index (Phi) is 3.66. The molecule has 94 valence electrons. The van der Waals surface area contributed by atoms with Crippen molar-refractivity contribution in [2.45, 2.75) is 20.3 Å². The van der Waals surface area contributed by atoms with Gasteiger partial charge in [-0.1, -0.05) is 6.92 Å². The van der Waals surface area contributed by atoms with Gasteiger partial charge in [-0.3, -0.25) is 4.98 Å². The van der Waals surface area contributed by atoms with Crippen LogP contribution in [0.15, 0.2) is 18.5 Å². The van der Waals surface area contributed by atoms with E-state index in [0.717, 1.165) is 17.5 Å². The highest BCUT2D eigenvalue weighted by atomic mass is 16.5. The third-order valence-electron chi connectivity index (χ3n) is 2.35. The number of anilines is 1. The van der Waals surface area contributed by atoms with E-state index in [1.807, 2.05) is 19.9 Å². The first-order valence-corrected chi connectivity index (χ1v) is 5.76. The summed E-state index contributed by atoms with van der Waals surface area (Å²) in [6.45, 7) is 4.52. The van der Waals surface area contributed by atoms with Gasteiger partial charge < -0.3 is 10.5 Å². The van der Waals surface area contributed by atoms with E-state index in [1.165, 1.54) is 0 Å². The number of nitrogens with two attached hydrogens (primary N) is 1. The fourth-order valence-electron chi connectivity index (χ4n) is 1.45. The number of hydrogen-bond donors (Lipinski definition) is 1. The Balaban J connectivity index is 2.39. The number of pyridine rings is 1. The topological polar surface area (TPSA) is 86.8 Å². The molecule has 0 aliphatic heterocycles. The minimum absolute atomic E-state index is 0.148. The van der Waals surface area contributed by atoms with Gasteiger partial charge in [-0.15, -0.1) is 0 Å². The highest BCUT2D eigenvalue weighted by Gasteiger charge is 2.09. The summed E-state index contributed by atoms with van der Waals surface area (Å²) in [5.41, 5.74) is 7.51. The van der Waals surface area contributed by atoms with Gasteiger partial charge >= 0.3 is 6.01 Å². The van der Waals surface area contributed by atoms with E-state index in [2.05, 4.69) is 19.9 Å². The van der Waals surface area contributed by atoms with Crippen LogP contribution in [0.2, 0.25) is 0 Å². The van der Waals surface area contributed by atoms with Crippen molar-refractivity contribution in [2.75, 3.05) is 12.3 Å². The van der Waals surface area contributed by atoms with Gasteiger partial charge in [0.05, 0.1) is 6.61 Å². The number of nitrogens with zero attached hydrogens (tertiary/aromatic N) is 4. The third-order valence-corrected chi connectivity index (χ3v) is 2.35. The zero-order valence-electron chi connectivity index (χ0n) is 10.4. The second-order valence-corrected chi connectivity index (χ2v) is 3.84. The molecule has 0 radical (unpaired) electrons. The summed E-state index contributed by atoms with van der Waals surface area (Å²) in [6.07, 6.45) is 4.30. The first-order chi connectivity index (χ1) is 8.70. The molecule has 0 spiro atoms. The molecule has 2 heterocycles. The van der Waals surface area contributed by atoms with Crippen LogP contribution in [0.5, 0.6) is 6.01 Å². The lowest BCUT2D eigenvalue weighted by molar-refractivity contribution is 0.292. The van der Waals surface area contributed by atoms with Gasteiger partial charge in [0.15, 0.2) is 5.82 Å². The zero-order valence-corrected chi connectivity index (χ0v) is 10.4. The molecular weight excluding hydrogens is 230 g/mol. The van der Waals surface area contributed by atoms with Gasteiger partial charge in [-0.25, -0.2) is 0 Å². The van der Waals surface area contributed by atoms with Crippen LogP contribution in [-0.4, -0.2) is 26.5 Å². The normalized spacial score (nSPS) is 10.3. The van der Waals surface area contributed by atoms with Gasteiger partial charge in [-0.2, -0.15) is 15.0 Å². The molecule has 2 aromatic rings. The van der Waals surface area contributed by atoms with Crippen molar-refractivity contribution in [1.29, 1.82) is 0 Å². The van der Waals surface area contributed by atoms with Crippen LogP contribution in [-0.2, 0) is 0 Å². The van der Waals surface area contributed by atoms with Crippen molar-refractivity contribution in [1.82, 2.24) is 19.9 Å². The second kappa shape index (κ2) is 5.39. The SMILES string of the molecule is CCCOc1nc(N)nc(-c2cnccc2C)n1. The summed E-state index contributed by atoms with van der Waals surface area (Å²) >= 11 is 0. The molecule has 0 aliphatic carbocycles. The Labute approximate surface area is 105 Å². The lowest BCUT2D eigenvalue weighted by Crippen LogP contribution is -2.06. The molecule has 0 amide bonds. The quantitative estimate of drug-likeness (QED) is 0.880. The Hall–Kier alpha value is -2.24. The number of nitrogen functional groups attached to an aromatic ring is 1. The van der Waals surface area contributed by atoms with E-state index in [-0.39, 0.29) is 12.0 Å². The fourth-order valence-corrected chi connectivity index (χ4v) is 1.45. The summed E-state index contributed by atoms with van der Waals surface area (Å²) in [5.74, 6) is 0.633. The van der Waals surface area contributed by atoms with E-state index in [1.54, 1.807) is 12.4 Å². The van der Waals surface area contributed by atoms with Gasteiger partial charge in [0.25, 0.3) is 0 Å². The standard InChI is InChI=1S/C12H15N5O/c1-3-6-18-12-16-10(15-11(13)17-12)9-7-14-5-4-8(9)2/h4-5,7H,3,6H2,1-2H3,(H2,13,15,16,17). The predicted molar refractivity (Wildman–Crippen MR) is 68.0 cm³/mol. The lowest BCUT2D eigenvalue weighted by Gasteiger charge is -2.07. The molecule has 0 fully saturated rings. The lowest BCUT2D eigenvalue weighted by atomic mass is 10.1. The van der Waals surface area contributed by atoms with E-state index >= 15 is 0 Å². The molecular formula is C12H15N5O. The van der Waals surface area contributed by atoms with Crippen molar-refractivity contribution < 1.29 is 4.74 Å². The third kappa shape index (κ3) is 2.71. The number of ether oxygens (including phenoxy) is 1. The van der Waals surface area contributed by atoms with Gasteiger partial charge in [0, 0.05) is 18.0 Å². The zero-order chi connectivity index (χ0) is 13.0. The van der Waals surface area contributed by atoms with Crippen molar-refractivity contribution in [2.24, 2.45) is 0 Å². The van der Waals surface area contributed by atoms with Gasteiger partial charge in [0.1, 0.15) is 0 Å². The summed E-state index contributed by atoms with van der Waals surface area (Å²) in [4.78, 5) is 16.3. The average Bonchev–Trinajstić information content (AvgIpc) is 2.36. The minimum Gasteiger partial charge on any atom is -0.463 e.